The van der Waals surface area contributed by atoms with Gasteiger partial charge in [0.15, 0.2) is 0 Å². The molecular weight excluding hydrogens is 366 g/mol. The van der Waals surface area contributed by atoms with Crippen LogP contribution in [-0.2, 0) is 19.1 Å². The Bertz CT molecular complexity index is 717. The van der Waals surface area contributed by atoms with E-state index >= 15 is 0 Å². The predicted molar refractivity (Wildman–Crippen MR) is 104 cm³/mol. The van der Waals surface area contributed by atoms with E-state index in [-0.39, 0.29) is 19.0 Å². The second-order valence-corrected chi connectivity index (χ2v) is 5.57. The van der Waals surface area contributed by atoms with E-state index in [9.17, 15) is 14.4 Å². The van der Waals surface area contributed by atoms with Crippen molar-refractivity contribution in [3.63, 3.8) is 0 Å². The number of ether oxygens (including phenoxy) is 4. The van der Waals surface area contributed by atoms with E-state index in [0.29, 0.717) is 16.9 Å². The Morgan fingerprint density at radius 1 is 0.929 bits per heavy atom. The number of carbonyl (C=O) groups excluding carboxylic acids is 3. The lowest BCUT2D eigenvalue weighted by Crippen LogP contribution is -2.25. The molecule has 0 aromatic heterocycles. The molecule has 0 N–H and O–H groups in total. The Balaban J connectivity index is 3.44. The van der Waals surface area contributed by atoms with Crippen molar-refractivity contribution in [2.75, 3.05) is 34.4 Å². The normalized spacial score (nSPS) is 10.8. The first-order chi connectivity index (χ1) is 13.3. The summed E-state index contributed by atoms with van der Waals surface area (Å²) in [6.45, 7) is 3.86. The third kappa shape index (κ3) is 7.14. The van der Waals surface area contributed by atoms with Crippen molar-refractivity contribution in [2.45, 2.75) is 13.8 Å². The first kappa shape index (κ1) is 22.8. The standard InChI is InChI=1S/C20H25NO7/c1-6-26-17(22)10-8-14-12-16(25-5)13-15(9-11-18(23)27-7-2)19(14)28-20(24)21(3)4/h8-13H,6-7H2,1-5H3/b10-8+,11-9+. The van der Waals surface area contributed by atoms with Crippen molar-refractivity contribution in [2.24, 2.45) is 0 Å². The van der Waals surface area contributed by atoms with Crippen molar-refractivity contribution in [1.82, 2.24) is 4.90 Å². The number of hydrogen-bond acceptors (Lipinski definition) is 7. The maximum absolute atomic E-state index is 12.1. The maximum atomic E-state index is 12.1. The van der Waals surface area contributed by atoms with Crippen LogP contribution >= 0.6 is 0 Å². The van der Waals surface area contributed by atoms with Gasteiger partial charge in [-0.25, -0.2) is 14.4 Å². The average Bonchev–Trinajstić information content (AvgIpc) is 2.66. The van der Waals surface area contributed by atoms with Crippen LogP contribution in [0, 0.1) is 0 Å². The summed E-state index contributed by atoms with van der Waals surface area (Å²) in [5.41, 5.74) is 0.789. The second-order valence-electron chi connectivity index (χ2n) is 5.57. The fourth-order valence-electron chi connectivity index (χ4n) is 2.00. The molecule has 152 valence electrons. The van der Waals surface area contributed by atoms with E-state index in [1.54, 1.807) is 26.0 Å². The molecule has 0 saturated heterocycles. The number of carbonyl (C=O) groups is 3. The number of benzene rings is 1. The van der Waals surface area contributed by atoms with E-state index in [1.165, 1.54) is 50.4 Å². The van der Waals surface area contributed by atoms with Gasteiger partial charge in [-0.05, 0) is 38.1 Å². The van der Waals surface area contributed by atoms with Crippen LogP contribution in [0.25, 0.3) is 12.2 Å². The van der Waals surface area contributed by atoms with E-state index < -0.39 is 18.0 Å². The van der Waals surface area contributed by atoms with Crippen LogP contribution in [0.3, 0.4) is 0 Å². The van der Waals surface area contributed by atoms with Gasteiger partial charge >= 0.3 is 18.0 Å². The molecule has 0 aliphatic rings. The van der Waals surface area contributed by atoms with Crippen LogP contribution in [0.2, 0.25) is 0 Å². The molecule has 0 unspecified atom stereocenters. The Morgan fingerprint density at radius 3 is 1.75 bits per heavy atom. The predicted octanol–water partition coefficient (Wildman–Crippen LogP) is 2.91. The zero-order valence-corrected chi connectivity index (χ0v) is 16.7. The first-order valence-electron chi connectivity index (χ1n) is 8.63. The molecule has 0 heterocycles. The minimum absolute atomic E-state index is 0.153. The topological polar surface area (TPSA) is 91.4 Å². The van der Waals surface area contributed by atoms with Gasteiger partial charge in [0.05, 0.1) is 20.3 Å². The van der Waals surface area contributed by atoms with Crippen LogP contribution in [0.4, 0.5) is 4.79 Å². The highest BCUT2D eigenvalue weighted by molar-refractivity contribution is 5.91. The van der Waals surface area contributed by atoms with Gasteiger partial charge < -0.3 is 23.8 Å². The average molecular weight is 391 g/mol. The lowest BCUT2D eigenvalue weighted by molar-refractivity contribution is -0.138. The number of hydrogen-bond donors (Lipinski definition) is 0. The largest absolute Gasteiger partial charge is 0.497 e. The lowest BCUT2D eigenvalue weighted by Gasteiger charge is -2.16. The molecule has 0 saturated carbocycles. The van der Waals surface area contributed by atoms with Crippen LogP contribution in [-0.4, -0.2) is 57.4 Å². The van der Waals surface area contributed by atoms with Gasteiger partial charge in [0.25, 0.3) is 0 Å². The molecule has 0 fully saturated rings. The van der Waals surface area contributed by atoms with Crippen molar-refractivity contribution in [3.8, 4) is 11.5 Å². The molecule has 1 aromatic carbocycles. The van der Waals surface area contributed by atoms with E-state index in [1.807, 2.05) is 0 Å². The maximum Gasteiger partial charge on any atom is 0.414 e. The van der Waals surface area contributed by atoms with Crippen molar-refractivity contribution in [1.29, 1.82) is 0 Å². The van der Waals surface area contributed by atoms with Gasteiger partial charge in [0.2, 0.25) is 0 Å². The van der Waals surface area contributed by atoms with Gasteiger partial charge in [0, 0.05) is 37.4 Å². The van der Waals surface area contributed by atoms with Gasteiger partial charge in [-0.3, -0.25) is 0 Å². The quantitative estimate of drug-likeness (QED) is 0.497. The van der Waals surface area contributed by atoms with E-state index in [2.05, 4.69) is 0 Å². The molecule has 0 aliphatic heterocycles. The Morgan fingerprint density at radius 2 is 1.39 bits per heavy atom. The minimum Gasteiger partial charge on any atom is -0.497 e. The number of rotatable bonds is 8. The number of amides is 1. The van der Waals surface area contributed by atoms with Gasteiger partial charge in [-0.15, -0.1) is 0 Å². The molecule has 1 rings (SSSR count). The molecule has 0 bridgehead atoms. The van der Waals surface area contributed by atoms with Crippen LogP contribution in [0.15, 0.2) is 24.3 Å². The SMILES string of the molecule is CCOC(=O)/C=C/c1cc(OC)cc(/C=C/C(=O)OCC)c1OC(=O)N(C)C. The van der Waals surface area contributed by atoms with E-state index in [0.717, 1.165) is 0 Å². The smallest absolute Gasteiger partial charge is 0.414 e. The fraction of sp³-hybridized carbons (Fsp3) is 0.350. The minimum atomic E-state index is -0.623. The van der Waals surface area contributed by atoms with Gasteiger partial charge in [-0.1, -0.05) is 0 Å². The van der Waals surface area contributed by atoms with Crippen molar-refractivity contribution < 1.29 is 33.3 Å². The van der Waals surface area contributed by atoms with Gasteiger partial charge in [-0.2, -0.15) is 0 Å². The Labute approximate surface area is 164 Å². The monoisotopic (exact) mass is 391 g/mol. The summed E-state index contributed by atoms with van der Waals surface area (Å²) in [6.07, 6.45) is 4.69. The highest BCUT2D eigenvalue weighted by Crippen LogP contribution is 2.32. The number of nitrogens with zero attached hydrogens (tertiary/aromatic N) is 1. The highest BCUT2D eigenvalue weighted by Gasteiger charge is 2.16. The summed E-state index contributed by atoms with van der Waals surface area (Å²) < 4.78 is 20.4. The summed E-state index contributed by atoms with van der Waals surface area (Å²) in [6, 6.07) is 3.19. The second kappa shape index (κ2) is 11.4. The summed E-state index contributed by atoms with van der Waals surface area (Å²) in [7, 11) is 4.54. The zero-order chi connectivity index (χ0) is 21.1. The van der Waals surface area contributed by atoms with Gasteiger partial charge in [0.1, 0.15) is 11.5 Å². The van der Waals surface area contributed by atoms with Crippen LogP contribution in [0.1, 0.15) is 25.0 Å². The molecule has 8 nitrogen and oxygen atoms in total. The molecule has 0 spiro atoms. The Hall–Kier alpha value is -3.29. The molecule has 0 radical (unpaired) electrons. The summed E-state index contributed by atoms with van der Waals surface area (Å²) in [4.78, 5) is 36.7. The first-order valence-corrected chi connectivity index (χ1v) is 8.63. The molecule has 1 aromatic rings. The third-order valence-corrected chi connectivity index (χ3v) is 3.28. The fourth-order valence-corrected chi connectivity index (χ4v) is 2.00. The summed E-state index contributed by atoms with van der Waals surface area (Å²) in [5.74, 6) is -0.491. The van der Waals surface area contributed by atoms with Crippen LogP contribution < -0.4 is 9.47 Å². The van der Waals surface area contributed by atoms with Crippen molar-refractivity contribution in [3.05, 3.63) is 35.4 Å². The molecule has 28 heavy (non-hydrogen) atoms. The summed E-state index contributed by atoms with van der Waals surface area (Å²) in [5, 5.41) is 0. The summed E-state index contributed by atoms with van der Waals surface area (Å²) >= 11 is 0. The highest BCUT2D eigenvalue weighted by atomic mass is 16.6. The third-order valence-electron chi connectivity index (χ3n) is 3.28. The molecule has 1 amide bonds. The van der Waals surface area contributed by atoms with Crippen LogP contribution in [0.5, 0.6) is 11.5 Å². The Kier molecular flexibility index (Phi) is 9.29. The van der Waals surface area contributed by atoms with E-state index in [4.69, 9.17) is 18.9 Å². The number of methoxy groups -OCH3 is 1. The number of esters is 2. The molecule has 0 atom stereocenters. The van der Waals surface area contributed by atoms with Crippen molar-refractivity contribution >= 4 is 30.2 Å². The molecule has 0 aliphatic carbocycles. The lowest BCUT2D eigenvalue weighted by atomic mass is 10.1. The molecular formula is C20H25NO7. The molecule has 8 heteroatoms. The zero-order valence-electron chi connectivity index (χ0n) is 16.7.